The van der Waals surface area contributed by atoms with E-state index < -0.39 is 18.1 Å². The summed E-state index contributed by atoms with van der Waals surface area (Å²) in [6, 6.07) is 21.5. The maximum Gasteiger partial charge on any atom is 0.262 e. The quantitative estimate of drug-likeness (QED) is 0.520. The van der Waals surface area contributed by atoms with Crippen LogP contribution in [0.4, 0.5) is 5.69 Å². The summed E-state index contributed by atoms with van der Waals surface area (Å²) in [7, 11) is 1.46. The molecule has 33 heavy (non-hydrogen) atoms. The highest BCUT2D eigenvalue weighted by Gasteiger charge is 2.59. The number of phenolic OH excluding ortho intramolecular Hbond substituents is 1. The van der Waals surface area contributed by atoms with Crippen molar-refractivity contribution in [1.29, 1.82) is 0 Å². The van der Waals surface area contributed by atoms with Gasteiger partial charge in [-0.1, -0.05) is 48.5 Å². The van der Waals surface area contributed by atoms with Gasteiger partial charge in [0, 0.05) is 0 Å². The summed E-state index contributed by atoms with van der Waals surface area (Å²) >= 11 is 3.37. The van der Waals surface area contributed by atoms with E-state index in [4.69, 9.17) is 9.57 Å². The van der Waals surface area contributed by atoms with Crippen molar-refractivity contribution in [3.63, 3.8) is 0 Å². The third kappa shape index (κ3) is 3.65. The maximum atomic E-state index is 13.6. The third-order valence-corrected chi connectivity index (χ3v) is 6.62. The highest BCUT2D eigenvalue weighted by molar-refractivity contribution is 9.10. The first kappa shape index (κ1) is 21.5. The Labute approximate surface area is 199 Å². The van der Waals surface area contributed by atoms with Gasteiger partial charge in [-0.05, 0) is 51.3 Å². The van der Waals surface area contributed by atoms with Gasteiger partial charge in [0.25, 0.3) is 5.91 Å². The van der Waals surface area contributed by atoms with Crippen LogP contribution in [0.2, 0.25) is 0 Å². The van der Waals surface area contributed by atoms with E-state index in [0.29, 0.717) is 10.0 Å². The third-order valence-electron chi connectivity index (χ3n) is 6.01. The van der Waals surface area contributed by atoms with Gasteiger partial charge >= 0.3 is 0 Å². The molecule has 0 aromatic heterocycles. The summed E-state index contributed by atoms with van der Waals surface area (Å²) in [6.45, 7) is 0.190. The number of halogens is 1. The number of rotatable bonds is 5. The van der Waals surface area contributed by atoms with Gasteiger partial charge in [-0.25, -0.2) is 5.06 Å². The summed E-state index contributed by atoms with van der Waals surface area (Å²) in [4.78, 5) is 34.3. The van der Waals surface area contributed by atoms with Gasteiger partial charge < -0.3 is 9.84 Å². The number of phenols is 1. The van der Waals surface area contributed by atoms with Crippen LogP contribution in [-0.4, -0.2) is 35.0 Å². The lowest BCUT2D eigenvalue weighted by Crippen LogP contribution is -2.36. The number of imide groups is 1. The standard InChI is InChI=1S/C25H21BrN2O5/c1-32-19-13-16(12-18(26)22(19)29)21-20-23(33-28(21)17-10-6-3-7-11-17)25(31)27(24(20)30)14-15-8-4-2-5-9-15/h2-13,20-21,23,29H,14H2,1H3/t20-,21+,23-/m0/s1. The van der Waals surface area contributed by atoms with Gasteiger partial charge in [-0.15, -0.1) is 0 Å². The molecule has 2 aliphatic heterocycles. The van der Waals surface area contributed by atoms with Crippen LogP contribution >= 0.6 is 15.9 Å². The van der Waals surface area contributed by atoms with Gasteiger partial charge in [-0.2, -0.15) is 0 Å². The molecule has 0 saturated carbocycles. The van der Waals surface area contributed by atoms with E-state index >= 15 is 0 Å². The molecule has 8 heteroatoms. The Bertz CT molecular complexity index is 1200. The second kappa shape index (κ2) is 8.53. The highest BCUT2D eigenvalue weighted by atomic mass is 79.9. The molecule has 0 aliphatic carbocycles. The normalized spacial score (nSPS) is 22.1. The number of fused-ring (bicyclic) bond motifs is 1. The van der Waals surface area contributed by atoms with Crippen molar-refractivity contribution < 1.29 is 24.3 Å². The van der Waals surface area contributed by atoms with E-state index in [9.17, 15) is 14.7 Å². The Balaban J connectivity index is 1.57. The monoisotopic (exact) mass is 508 g/mol. The van der Waals surface area contributed by atoms with Crippen LogP contribution < -0.4 is 9.80 Å². The van der Waals surface area contributed by atoms with E-state index in [1.807, 2.05) is 60.7 Å². The summed E-state index contributed by atoms with van der Waals surface area (Å²) in [6.07, 6.45) is -0.940. The van der Waals surface area contributed by atoms with Crippen LogP contribution in [0.15, 0.2) is 77.3 Å². The van der Waals surface area contributed by atoms with Gasteiger partial charge in [0.05, 0.1) is 29.9 Å². The first-order chi connectivity index (χ1) is 16.0. The minimum atomic E-state index is -0.940. The second-order valence-corrected chi connectivity index (χ2v) is 8.81. The maximum absolute atomic E-state index is 13.6. The first-order valence-corrected chi connectivity index (χ1v) is 11.3. The van der Waals surface area contributed by atoms with Crippen molar-refractivity contribution in [3.8, 4) is 11.5 Å². The van der Waals surface area contributed by atoms with E-state index in [0.717, 1.165) is 11.3 Å². The molecule has 0 unspecified atom stereocenters. The van der Waals surface area contributed by atoms with Crippen molar-refractivity contribution in [3.05, 3.63) is 88.4 Å². The molecule has 3 aromatic carbocycles. The lowest BCUT2D eigenvalue weighted by Gasteiger charge is -2.29. The second-order valence-electron chi connectivity index (χ2n) is 7.96. The number of hydrogen-bond donors (Lipinski definition) is 1. The fourth-order valence-corrected chi connectivity index (χ4v) is 4.91. The molecule has 2 fully saturated rings. The molecule has 0 radical (unpaired) electrons. The van der Waals surface area contributed by atoms with E-state index in [1.165, 1.54) is 12.0 Å². The van der Waals surface area contributed by atoms with Crippen LogP contribution in [-0.2, 0) is 21.0 Å². The summed E-state index contributed by atoms with van der Waals surface area (Å²) in [5, 5.41) is 11.9. The number of amides is 2. The molecule has 1 N–H and O–H groups in total. The number of anilines is 1. The molecule has 2 heterocycles. The van der Waals surface area contributed by atoms with Crippen LogP contribution in [0, 0.1) is 5.92 Å². The van der Waals surface area contributed by atoms with Gasteiger partial charge in [0.2, 0.25) is 5.91 Å². The molecule has 0 spiro atoms. The molecule has 2 saturated heterocycles. The molecule has 168 valence electrons. The number of para-hydroxylation sites is 1. The molecular weight excluding hydrogens is 488 g/mol. The summed E-state index contributed by atoms with van der Waals surface area (Å²) in [5.41, 5.74) is 2.26. The molecule has 0 bridgehead atoms. The smallest absolute Gasteiger partial charge is 0.262 e. The first-order valence-electron chi connectivity index (χ1n) is 10.5. The number of likely N-dealkylation sites (tertiary alicyclic amines) is 1. The van der Waals surface area contributed by atoms with Gasteiger partial charge in [0.1, 0.15) is 5.92 Å². The summed E-state index contributed by atoms with van der Waals surface area (Å²) < 4.78 is 5.75. The van der Waals surface area contributed by atoms with Crippen LogP contribution in [0.25, 0.3) is 0 Å². The number of hydrogen-bond acceptors (Lipinski definition) is 6. The van der Waals surface area contributed by atoms with Crippen molar-refractivity contribution in [2.45, 2.75) is 18.7 Å². The SMILES string of the molecule is COc1cc([C@@H]2[C@@H]3C(=O)N(Cc4ccccc4)C(=O)[C@H]3ON2c2ccccc2)cc(Br)c1O. The predicted molar refractivity (Wildman–Crippen MR) is 124 cm³/mol. The number of methoxy groups -OCH3 is 1. The Morgan fingerprint density at radius 3 is 2.33 bits per heavy atom. The van der Waals surface area contributed by atoms with Gasteiger partial charge in [-0.3, -0.25) is 19.3 Å². The molecular formula is C25H21BrN2O5. The Morgan fingerprint density at radius 1 is 1.00 bits per heavy atom. The van der Waals surface area contributed by atoms with Crippen LogP contribution in [0.5, 0.6) is 11.5 Å². The van der Waals surface area contributed by atoms with Crippen LogP contribution in [0.1, 0.15) is 17.2 Å². The summed E-state index contributed by atoms with van der Waals surface area (Å²) in [5.74, 6) is -1.18. The number of nitrogens with zero attached hydrogens (tertiary/aromatic N) is 2. The molecule has 3 atom stereocenters. The number of hydroxylamine groups is 1. The fraction of sp³-hybridized carbons (Fsp3) is 0.200. The average Bonchev–Trinajstić information content (AvgIpc) is 3.34. The lowest BCUT2D eigenvalue weighted by atomic mass is 9.90. The largest absolute Gasteiger partial charge is 0.503 e. The average molecular weight is 509 g/mol. The fourth-order valence-electron chi connectivity index (χ4n) is 4.45. The molecule has 3 aromatic rings. The van der Waals surface area contributed by atoms with Crippen LogP contribution in [0.3, 0.4) is 0 Å². The topological polar surface area (TPSA) is 79.3 Å². The Hall–Kier alpha value is -3.36. The zero-order valence-corrected chi connectivity index (χ0v) is 19.3. The predicted octanol–water partition coefficient (Wildman–Crippen LogP) is 4.21. The zero-order chi connectivity index (χ0) is 23.1. The number of aromatic hydroxyl groups is 1. The van der Waals surface area contributed by atoms with E-state index in [1.54, 1.807) is 17.2 Å². The minimum Gasteiger partial charge on any atom is -0.503 e. The number of ether oxygens (including phenoxy) is 1. The highest BCUT2D eigenvalue weighted by Crippen LogP contribution is 2.49. The van der Waals surface area contributed by atoms with Crippen molar-refractivity contribution >= 4 is 33.4 Å². The Kier molecular flexibility index (Phi) is 5.55. The molecule has 7 nitrogen and oxygen atoms in total. The van der Waals surface area contributed by atoms with Gasteiger partial charge in [0.15, 0.2) is 17.6 Å². The molecule has 2 aliphatic rings. The number of carbonyl (C=O) groups is 2. The number of benzene rings is 3. The van der Waals surface area contributed by atoms with Crippen molar-refractivity contribution in [2.75, 3.05) is 12.2 Å². The zero-order valence-electron chi connectivity index (χ0n) is 17.7. The number of carbonyl (C=O) groups excluding carboxylic acids is 2. The van der Waals surface area contributed by atoms with E-state index in [2.05, 4.69) is 15.9 Å². The van der Waals surface area contributed by atoms with E-state index in [-0.39, 0.29) is 29.9 Å². The Morgan fingerprint density at radius 2 is 1.67 bits per heavy atom. The molecule has 2 amide bonds. The van der Waals surface area contributed by atoms with Crippen molar-refractivity contribution in [1.82, 2.24) is 4.90 Å². The minimum absolute atomic E-state index is 0.0393. The lowest BCUT2D eigenvalue weighted by molar-refractivity contribution is -0.143. The molecule has 5 rings (SSSR count). The van der Waals surface area contributed by atoms with Crippen molar-refractivity contribution in [2.24, 2.45) is 5.92 Å².